The lowest BCUT2D eigenvalue weighted by atomic mass is 10.0. The third-order valence-electron chi connectivity index (χ3n) is 4.75. The van der Waals surface area contributed by atoms with Crippen LogP contribution in [0.2, 0.25) is 0 Å². The van der Waals surface area contributed by atoms with E-state index in [-0.39, 0.29) is 5.69 Å². The monoisotopic (exact) mass is 428 g/mol. The average Bonchev–Trinajstić information content (AvgIpc) is 3.09. The van der Waals surface area contributed by atoms with Crippen molar-refractivity contribution in [3.8, 4) is 5.75 Å². The second-order valence-electron chi connectivity index (χ2n) is 6.67. The van der Waals surface area contributed by atoms with Gasteiger partial charge in [-0.25, -0.2) is 0 Å². The van der Waals surface area contributed by atoms with E-state index < -0.39 is 28.7 Å². The predicted molar refractivity (Wildman–Crippen MR) is 93.8 cm³/mol. The van der Waals surface area contributed by atoms with Gasteiger partial charge in [-0.2, -0.15) is 13.2 Å². The van der Waals surface area contributed by atoms with E-state index in [1.807, 2.05) is 6.07 Å². The number of amides is 1. The van der Waals surface area contributed by atoms with E-state index in [1.165, 1.54) is 6.20 Å². The van der Waals surface area contributed by atoms with Gasteiger partial charge in [0, 0.05) is 23.3 Å². The van der Waals surface area contributed by atoms with E-state index in [0.29, 0.717) is 18.4 Å². The molecule has 2 aromatic rings. The molecule has 0 saturated heterocycles. The van der Waals surface area contributed by atoms with Crippen LogP contribution in [0.3, 0.4) is 0 Å². The fraction of sp³-hybridized carbons (Fsp3) is 0.333. The summed E-state index contributed by atoms with van der Waals surface area (Å²) < 4.78 is 46.0. The van der Waals surface area contributed by atoms with E-state index in [9.17, 15) is 18.0 Å². The summed E-state index contributed by atoms with van der Waals surface area (Å²) in [5.74, 6) is 0.0602. The van der Waals surface area contributed by atoms with Crippen LogP contribution in [0.5, 0.6) is 5.75 Å². The topological polar surface area (TPSA) is 51.2 Å². The van der Waals surface area contributed by atoms with Gasteiger partial charge < -0.3 is 10.1 Å². The van der Waals surface area contributed by atoms with Gasteiger partial charge in [0.2, 0.25) is 5.91 Å². The molecule has 2 atom stereocenters. The van der Waals surface area contributed by atoms with E-state index in [1.54, 1.807) is 32.0 Å². The molecule has 1 amide bonds. The van der Waals surface area contributed by atoms with Crippen molar-refractivity contribution in [2.24, 2.45) is 5.41 Å². The van der Waals surface area contributed by atoms with Crippen molar-refractivity contribution in [1.82, 2.24) is 4.98 Å². The number of rotatable bonds is 4. The Bertz CT molecular complexity index is 858. The number of carbonyl (C=O) groups is 1. The summed E-state index contributed by atoms with van der Waals surface area (Å²) in [6.07, 6.45) is -2.30. The molecule has 0 radical (unpaired) electrons. The Hall–Kier alpha value is -2.09. The van der Waals surface area contributed by atoms with Crippen LogP contribution in [0.4, 0.5) is 18.9 Å². The first-order valence-corrected chi connectivity index (χ1v) is 8.62. The fourth-order valence-electron chi connectivity index (χ4n) is 2.88. The summed E-state index contributed by atoms with van der Waals surface area (Å²) >= 11 is 3.35. The number of anilines is 1. The van der Waals surface area contributed by atoms with Gasteiger partial charge in [-0.05, 0) is 38.1 Å². The summed E-state index contributed by atoms with van der Waals surface area (Å²) in [5.41, 5.74) is -3.03. The molecule has 1 fully saturated rings. The average molecular weight is 429 g/mol. The number of ether oxygens (including phenoxy) is 1. The molecule has 1 aromatic heterocycles. The maximum absolute atomic E-state index is 13.1. The molecule has 1 aliphatic rings. The van der Waals surface area contributed by atoms with Crippen molar-refractivity contribution in [1.29, 1.82) is 0 Å². The van der Waals surface area contributed by atoms with Gasteiger partial charge in [0.05, 0.1) is 16.7 Å². The summed E-state index contributed by atoms with van der Waals surface area (Å²) in [5, 5.41) is 2.38. The largest absolute Gasteiger partial charge is 0.486 e. The van der Waals surface area contributed by atoms with Crippen LogP contribution in [-0.4, -0.2) is 16.5 Å². The molecule has 1 aliphatic carbocycles. The molecular formula is C18H16BrF3N2O2. The van der Waals surface area contributed by atoms with Crippen molar-refractivity contribution in [2.75, 3.05) is 5.32 Å². The number of hydrogen-bond donors (Lipinski definition) is 1. The van der Waals surface area contributed by atoms with E-state index in [2.05, 4.69) is 26.2 Å². The molecule has 0 aliphatic heterocycles. The van der Waals surface area contributed by atoms with Gasteiger partial charge in [0.1, 0.15) is 11.4 Å². The molecule has 26 heavy (non-hydrogen) atoms. The lowest BCUT2D eigenvalue weighted by Crippen LogP contribution is -2.33. The molecule has 0 bridgehead atoms. The second-order valence-corrected chi connectivity index (χ2v) is 7.59. The van der Waals surface area contributed by atoms with Gasteiger partial charge in [0.15, 0.2) is 0 Å². The highest BCUT2D eigenvalue weighted by atomic mass is 79.9. The van der Waals surface area contributed by atoms with Crippen LogP contribution in [0, 0.1) is 5.41 Å². The number of alkyl halides is 3. The number of aromatic nitrogens is 1. The van der Waals surface area contributed by atoms with Crippen LogP contribution >= 0.6 is 15.9 Å². The van der Waals surface area contributed by atoms with Crippen LogP contribution in [0.1, 0.15) is 25.8 Å². The number of nitrogens with zero attached hydrogens (tertiary/aromatic N) is 1. The highest BCUT2D eigenvalue weighted by Gasteiger charge is 2.68. The Kier molecular flexibility index (Phi) is 4.50. The first kappa shape index (κ1) is 18.7. The smallest absolute Gasteiger partial charge is 0.419 e. The lowest BCUT2D eigenvalue weighted by Gasteiger charge is -2.21. The zero-order valence-corrected chi connectivity index (χ0v) is 15.6. The lowest BCUT2D eigenvalue weighted by molar-refractivity contribution is -0.137. The van der Waals surface area contributed by atoms with Gasteiger partial charge in [-0.3, -0.25) is 9.78 Å². The minimum atomic E-state index is -4.60. The molecule has 138 valence electrons. The zero-order chi connectivity index (χ0) is 19.2. The van der Waals surface area contributed by atoms with Crippen molar-refractivity contribution in [3.05, 3.63) is 52.8 Å². The van der Waals surface area contributed by atoms with Crippen molar-refractivity contribution in [2.45, 2.75) is 32.0 Å². The summed E-state index contributed by atoms with van der Waals surface area (Å²) in [7, 11) is 0. The highest BCUT2D eigenvalue weighted by molar-refractivity contribution is 9.10. The normalized spacial score (nSPS) is 24.8. The Morgan fingerprint density at radius 3 is 2.69 bits per heavy atom. The third kappa shape index (κ3) is 3.42. The van der Waals surface area contributed by atoms with Crippen LogP contribution in [0.25, 0.3) is 0 Å². The molecule has 8 heteroatoms. The minimum absolute atomic E-state index is 0.310. The minimum Gasteiger partial charge on any atom is -0.486 e. The summed E-state index contributed by atoms with van der Waals surface area (Å²) in [6, 6.07) is 8.31. The van der Waals surface area contributed by atoms with Gasteiger partial charge in [-0.15, -0.1) is 0 Å². The molecule has 1 aromatic carbocycles. The summed E-state index contributed by atoms with van der Waals surface area (Å²) in [6.45, 7) is 3.44. The van der Waals surface area contributed by atoms with Crippen LogP contribution in [0.15, 0.2) is 47.2 Å². The maximum Gasteiger partial charge on any atom is 0.419 e. The predicted octanol–water partition coefficient (Wildman–Crippen LogP) is 5.05. The third-order valence-corrected chi connectivity index (χ3v) is 5.24. The second kappa shape index (κ2) is 6.26. The fourth-order valence-corrected chi connectivity index (χ4v) is 3.26. The molecule has 3 rings (SSSR count). The van der Waals surface area contributed by atoms with E-state index >= 15 is 0 Å². The first-order valence-electron chi connectivity index (χ1n) is 7.82. The highest BCUT2D eigenvalue weighted by Crippen LogP contribution is 2.59. The zero-order valence-electron chi connectivity index (χ0n) is 14.0. The van der Waals surface area contributed by atoms with E-state index in [0.717, 1.165) is 10.5 Å². The van der Waals surface area contributed by atoms with Crippen LogP contribution < -0.4 is 10.1 Å². The number of halogens is 4. The number of carbonyl (C=O) groups excluding carboxylic acids is 1. The molecule has 0 spiro atoms. The molecule has 2 unspecified atom stereocenters. The van der Waals surface area contributed by atoms with Gasteiger partial charge in [-0.1, -0.05) is 22.0 Å². The standard InChI is InChI=1S/C18H16BrF3N2O2/c1-16(10-17(16,2)26-12-5-3-4-11(19)8-12)15(25)24-14-6-7-23-9-13(14)18(20,21)22/h3-9H,10H2,1-2H3,(H,23,24,25). The Labute approximate surface area is 156 Å². The SMILES string of the molecule is CC1(Oc2cccc(Br)c2)CC1(C)C(=O)Nc1ccncc1C(F)(F)F. The molecular weight excluding hydrogens is 413 g/mol. The summed E-state index contributed by atoms with van der Waals surface area (Å²) in [4.78, 5) is 16.1. The van der Waals surface area contributed by atoms with Gasteiger partial charge >= 0.3 is 6.18 Å². The van der Waals surface area contributed by atoms with Gasteiger partial charge in [0.25, 0.3) is 0 Å². The number of nitrogens with one attached hydrogen (secondary N) is 1. The molecule has 4 nitrogen and oxygen atoms in total. The Balaban J connectivity index is 1.77. The Morgan fingerprint density at radius 2 is 2.04 bits per heavy atom. The molecule has 1 saturated carbocycles. The number of hydrogen-bond acceptors (Lipinski definition) is 3. The van der Waals surface area contributed by atoms with Crippen molar-refractivity contribution >= 4 is 27.5 Å². The quantitative estimate of drug-likeness (QED) is 0.741. The number of pyridine rings is 1. The Morgan fingerprint density at radius 1 is 1.31 bits per heavy atom. The van der Waals surface area contributed by atoms with E-state index in [4.69, 9.17) is 4.74 Å². The number of benzene rings is 1. The van der Waals surface area contributed by atoms with Crippen molar-refractivity contribution < 1.29 is 22.7 Å². The first-order chi connectivity index (χ1) is 12.1. The maximum atomic E-state index is 13.1. The molecule has 1 heterocycles. The van der Waals surface area contributed by atoms with Crippen molar-refractivity contribution in [3.63, 3.8) is 0 Å². The van der Waals surface area contributed by atoms with Crippen LogP contribution in [-0.2, 0) is 11.0 Å². The molecule has 1 N–H and O–H groups in total.